The summed E-state index contributed by atoms with van der Waals surface area (Å²) in [6, 6.07) is 18.3. The average Bonchev–Trinajstić information content (AvgIpc) is 3.27. The summed E-state index contributed by atoms with van der Waals surface area (Å²) >= 11 is 0. The molecule has 2 aromatic carbocycles. The van der Waals surface area contributed by atoms with Crippen LogP contribution in [0.5, 0.6) is 0 Å². The quantitative estimate of drug-likeness (QED) is 0.400. The SMILES string of the molecule is Cc1cc(C)cc(-c2cnc(-c3cnn(C)c3)c(C(=O)NCc3cnc4ccccc4c3)c2)c1. The van der Waals surface area contributed by atoms with Crippen LogP contribution in [0.1, 0.15) is 27.0 Å². The molecule has 0 aliphatic rings. The van der Waals surface area contributed by atoms with Gasteiger partial charge in [0.05, 0.1) is 23.0 Å². The lowest BCUT2D eigenvalue weighted by atomic mass is 9.98. The lowest BCUT2D eigenvalue weighted by Crippen LogP contribution is -2.24. The van der Waals surface area contributed by atoms with E-state index < -0.39 is 0 Å². The molecule has 1 amide bonds. The molecule has 168 valence electrons. The van der Waals surface area contributed by atoms with Crippen molar-refractivity contribution < 1.29 is 4.79 Å². The molecular weight excluding hydrogens is 422 g/mol. The maximum absolute atomic E-state index is 13.4. The number of carbonyl (C=O) groups is 1. The Bertz CT molecular complexity index is 1500. The minimum Gasteiger partial charge on any atom is -0.348 e. The van der Waals surface area contributed by atoms with E-state index in [-0.39, 0.29) is 5.91 Å². The lowest BCUT2D eigenvalue weighted by Gasteiger charge is -2.12. The standard InChI is InChI=1S/C28H25N5O/c1-18-8-19(2)10-22(9-18)23-12-25(27(30-15-23)24-16-32-33(3)17-24)28(34)31-14-20-11-21-6-4-5-7-26(21)29-13-20/h4-13,15-17H,14H2,1-3H3,(H,31,34). The smallest absolute Gasteiger partial charge is 0.253 e. The number of hydrogen-bond acceptors (Lipinski definition) is 4. The van der Waals surface area contributed by atoms with Gasteiger partial charge in [0.1, 0.15) is 0 Å². The van der Waals surface area contributed by atoms with Gasteiger partial charge in [-0.1, -0.05) is 47.5 Å². The molecule has 0 saturated carbocycles. The highest BCUT2D eigenvalue weighted by Crippen LogP contribution is 2.28. The predicted octanol–water partition coefficient (Wildman–Crippen LogP) is 5.24. The summed E-state index contributed by atoms with van der Waals surface area (Å²) in [7, 11) is 1.85. The Morgan fingerprint density at radius 2 is 1.68 bits per heavy atom. The molecule has 0 bridgehead atoms. The molecule has 6 nitrogen and oxygen atoms in total. The van der Waals surface area contributed by atoms with Crippen molar-refractivity contribution in [1.29, 1.82) is 0 Å². The molecule has 0 radical (unpaired) electrons. The van der Waals surface area contributed by atoms with Gasteiger partial charge in [-0.2, -0.15) is 5.10 Å². The van der Waals surface area contributed by atoms with Crippen LogP contribution in [0.25, 0.3) is 33.3 Å². The van der Waals surface area contributed by atoms with Gasteiger partial charge in [-0.05, 0) is 43.2 Å². The van der Waals surface area contributed by atoms with E-state index >= 15 is 0 Å². The summed E-state index contributed by atoms with van der Waals surface area (Å²) in [5.74, 6) is -0.189. The van der Waals surface area contributed by atoms with Gasteiger partial charge in [0, 0.05) is 48.7 Å². The minimum absolute atomic E-state index is 0.189. The summed E-state index contributed by atoms with van der Waals surface area (Å²) in [6.45, 7) is 4.51. The molecule has 0 unspecified atom stereocenters. The number of pyridine rings is 2. The maximum atomic E-state index is 13.4. The van der Waals surface area contributed by atoms with Crippen LogP contribution in [0.3, 0.4) is 0 Å². The summed E-state index contributed by atoms with van der Waals surface area (Å²) in [6.07, 6.45) is 7.21. The van der Waals surface area contributed by atoms with Gasteiger partial charge in [-0.3, -0.25) is 19.4 Å². The second-order valence-electron chi connectivity index (χ2n) is 8.62. The van der Waals surface area contributed by atoms with E-state index in [2.05, 4.69) is 58.5 Å². The maximum Gasteiger partial charge on any atom is 0.253 e. The zero-order valence-corrected chi connectivity index (χ0v) is 19.4. The van der Waals surface area contributed by atoms with E-state index in [4.69, 9.17) is 0 Å². The Balaban J connectivity index is 1.49. The highest BCUT2D eigenvalue weighted by atomic mass is 16.1. The number of carbonyl (C=O) groups excluding carboxylic acids is 1. The van der Waals surface area contributed by atoms with Crippen LogP contribution < -0.4 is 5.32 Å². The number of rotatable bonds is 5. The normalized spacial score (nSPS) is 11.0. The van der Waals surface area contributed by atoms with E-state index in [1.165, 1.54) is 11.1 Å². The molecule has 5 aromatic rings. The summed E-state index contributed by atoms with van der Waals surface area (Å²) in [4.78, 5) is 22.6. The molecule has 3 heterocycles. The molecule has 0 aliphatic carbocycles. The fourth-order valence-corrected chi connectivity index (χ4v) is 4.20. The topological polar surface area (TPSA) is 72.7 Å². The van der Waals surface area contributed by atoms with Crippen LogP contribution in [0.4, 0.5) is 0 Å². The van der Waals surface area contributed by atoms with Gasteiger partial charge in [-0.25, -0.2) is 0 Å². The van der Waals surface area contributed by atoms with E-state index in [9.17, 15) is 4.79 Å². The van der Waals surface area contributed by atoms with Crippen molar-refractivity contribution in [1.82, 2.24) is 25.1 Å². The van der Waals surface area contributed by atoms with Crippen LogP contribution in [-0.4, -0.2) is 25.7 Å². The Kier molecular flexibility index (Phi) is 5.64. The van der Waals surface area contributed by atoms with Crippen molar-refractivity contribution in [3.8, 4) is 22.4 Å². The van der Waals surface area contributed by atoms with Crippen molar-refractivity contribution in [2.45, 2.75) is 20.4 Å². The Morgan fingerprint density at radius 3 is 2.44 bits per heavy atom. The van der Waals surface area contributed by atoms with Gasteiger partial charge < -0.3 is 5.32 Å². The van der Waals surface area contributed by atoms with Crippen molar-refractivity contribution in [2.24, 2.45) is 7.05 Å². The van der Waals surface area contributed by atoms with Gasteiger partial charge in [0.25, 0.3) is 5.91 Å². The number of hydrogen-bond donors (Lipinski definition) is 1. The molecule has 0 saturated heterocycles. The van der Waals surface area contributed by atoms with Crippen LogP contribution in [-0.2, 0) is 13.6 Å². The summed E-state index contributed by atoms with van der Waals surface area (Å²) < 4.78 is 1.71. The van der Waals surface area contributed by atoms with Crippen molar-refractivity contribution >= 4 is 16.8 Å². The van der Waals surface area contributed by atoms with Gasteiger partial charge in [0.2, 0.25) is 0 Å². The molecule has 0 spiro atoms. The first-order valence-corrected chi connectivity index (χ1v) is 11.2. The third-order valence-electron chi connectivity index (χ3n) is 5.77. The minimum atomic E-state index is -0.189. The number of aromatic nitrogens is 4. The Morgan fingerprint density at radius 1 is 0.882 bits per heavy atom. The fraction of sp³-hybridized carbons (Fsp3) is 0.143. The van der Waals surface area contributed by atoms with Gasteiger partial charge in [0.15, 0.2) is 0 Å². The second-order valence-corrected chi connectivity index (χ2v) is 8.62. The molecule has 0 aliphatic heterocycles. The number of nitrogens with zero attached hydrogens (tertiary/aromatic N) is 4. The van der Waals surface area contributed by atoms with Gasteiger partial charge >= 0.3 is 0 Å². The lowest BCUT2D eigenvalue weighted by molar-refractivity contribution is 0.0951. The molecule has 0 fully saturated rings. The zero-order valence-electron chi connectivity index (χ0n) is 19.4. The first-order chi connectivity index (χ1) is 16.5. The first-order valence-electron chi connectivity index (χ1n) is 11.2. The number of aryl methyl sites for hydroxylation is 3. The fourth-order valence-electron chi connectivity index (χ4n) is 4.20. The van der Waals surface area contributed by atoms with E-state index in [0.29, 0.717) is 17.8 Å². The molecule has 6 heteroatoms. The van der Waals surface area contributed by atoms with Gasteiger partial charge in [-0.15, -0.1) is 0 Å². The van der Waals surface area contributed by atoms with Crippen LogP contribution in [0.15, 0.2) is 79.4 Å². The molecule has 5 rings (SSSR count). The first kappa shape index (κ1) is 21.5. The van der Waals surface area contributed by atoms with Crippen molar-refractivity contribution in [3.05, 3.63) is 102 Å². The number of benzene rings is 2. The zero-order chi connectivity index (χ0) is 23.7. The molecule has 1 N–H and O–H groups in total. The summed E-state index contributed by atoms with van der Waals surface area (Å²) in [5, 5.41) is 8.35. The monoisotopic (exact) mass is 447 g/mol. The highest BCUT2D eigenvalue weighted by molar-refractivity contribution is 6.01. The van der Waals surface area contributed by atoms with Crippen LogP contribution in [0.2, 0.25) is 0 Å². The van der Waals surface area contributed by atoms with E-state index in [0.717, 1.165) is 33.2 Å². The largest absolute Gasteiger partial charge is 0.348 e. The molecular formula is C28H25N5O. The Hall–Kier alpha value is -4.32. The molecule has 3 aromatic heterocycles. The highest BCUT2D eigenvalue weighted by Gasteiger charge is 2.17. The van der Waals surface area contributed by atoms with Crippen LogP contribution in [0, 0.1) is 13.8 Å². The van der Waals surface area contributed by atoms with Crippen molar-refractivity contribution in [3.63, 3.8) is 0 Å². The number of amides is 1. The summed E-state index contributed by atoms with van der Waals surface area (Å²) in [5.41, 5.74) is 8.06. The Labute approximate surface area is 198 Å². The number of para-hydroxylation sites is 1. The van der Waals surface area contributed by atoms with Crippen LogP contribution >= 0.6 is 0 Å². The predicted molar refractivity (Wildman–Crippen MR) is 134 cm³/mol. The number of nitrogens with one attached hydrogen (secondary N) is 1. The molecule has 34 heavy (non-hydrogen) atoms. The van der Waals surface area contributed by atoms with E-state index in [1.807, 2.05) is 49.8 Å². The third-order valence-corrected chi connectivity index (χ3v) is 5.77. The molecule has 0 atom stereocenters. The average molecular weight is 448 g/mol. The number of fused-ring (bicyclic) bond motifs is 1. The second kappa shape index (κ2) is 8.90. The van der Waals surface area contributed by atoms with E-state index in [1.54, 1.807) is 17.1 Å². The third kappa shape index (κ3) is 4.43. The van der Waals surface area contributed by atoms with Crippen molar-refractivity contribution in [2.75, 3.05) is 0 Å².